The zero-order valence-corrected chi connectivity index (χ0v) is 11.9. The molecule has 1 aromatic rings. The lowest BCUT2D eigenvalue weighted by atomic mass is 10.2. The van der Waals surface area contributed by atoms with Crippen molar-refractivity contribution in [1.29, 1.82) is 10.5 Å². The highest BCUT2D eigenvalue weighted by Gasteiger charge is 2.29. The Bertz CT molecular complexity index is 543. The van der Waals surface area contributed by atoms with Crippen LogP contribution in [0.2, 0.25) is 0 Å². The van der Waals surface area contributed by atoms with Gasteiger partial charge in [-0.05, 0) is 25.0 Å². The molecule has 0 amide bonds. The molecule has 1 N–H and O–H groups in total. The van der Waals surface area contributed by atoms with Gasteiger partial charge >= 0.3 is 0 Å². The van der Waals surface area contributed by atoms with E-state index < -0.39 is 6.10 Å². The van der Waals surface area contributed by atoms with Gasteiger partial charge in [0.15, 0.2) is 0 Å². The molecule has 0 heterocycles. The zero-order chi connectivity index (χ0) is 15.1. The SMILES string of the molecule is N#CCCN(CC(O)COc1ccccc1C#N)C1CC1. The molecule has 1 unspecified atom stereocenters. The maximum Gasteiger partial charge on any atom is 0.137 e. The second-order valence-electron chi connectivity index (χ2n) is 5.21. The van der Waals surface area contributed by atoms with Crippen molar-refractivity contribution in [3.8, 4) is 17.9 Å². The van der Waals surface area contributed by atoms with E-state index >= 15 is 0 Å². The molecule has 110 valence electrons. The van der Waals surface area contributed by atoms with Crippen LogP contribution in [0.1, 0.15) is 24.8 Å². The molecule has 0 spiro atoms. The second-order valence-corrected chi connectivity index (χ2v) is 5.21. The number of nitriles is 2. The van der Waals surface area contributed by atoms with Gasteiger partial charge in [-0.15, -0.1) is 0 Å². The number of hydrogen-bond acceptors (Lipinski definition) is 5. The molecule has 1 aromatic carbocycles. The lowest BCUT2D eigenvalue weighted by molar-refractivity contribution is 0.0660. The van der Waals surface area contributed by atoms with Gasteiger partial charge in [0.25, 0.3) is 0 Å². The molecule has 1 aliphatic rings. The molecule has 0 aliphatic heterocycles. The van der Waals surface area contributed by atoms with Crippen molar-refractivity contribution in [2.24, 2.45) is 0 Å². The Morgan fingerprint density at radius 1 is 1.33 bits per heavy atom. The Labute approximate surface area is 125 Å². The zero-order valence-electron chi connectivity index (χ0n) is 11.9. The highest BCUT2D eigenvalue weighted by atomic mass is 16.5. The molecular weight excluding hydrogens is 266 g/mol. The van der Waals surface area contributed by atoms with Crippen LogP contribution in [0.25, 0.3) is 0 Å². The minimum absolute atomic E-state index is 0.147. The van der Waals surface area contributed by atoms with Gasteiger partial charge in [0, 0.05) is 25.6 Å². The Kier molecular flexibility index (Phi) is 5.57. The first kappa shape index (κ1) is 15.3. The number of hydrogen-bond donors (Lipinski definition) is 1. The number of rotatable bonds is 8. The highest BCUT2D eigenvalue weighted by Crippen LogP contribution is 2.27. The first-order valence-corrected chi connectivity index (χ1v) is 7.15. The average molecular weight is 285 g/mol. The topological polar surface area (TPSA) is 80.3 Å². The summed E-state index contributed by atoms with van der Waals surface area (Å²) in [6.07, 6.45) is 2.12. The Hall–Kier alpha value is -2.08. The number of benzene rings is 1. The minimum Gasteiger partial charge on any atom is -0.489 e. The Balaban J connectivity index is 1.82. The quantitative estimate of drug-likeness (QED) is 0.786. The van der Waals surface area contributed by atoms with Crippen molar-refractivity contribution in [3.05, 3.63) is 29.8 Å². The smallest absolute Gasteiger partial charge is 0.137 e. The Morgan fingerprint density at radius 2 is 2.10 bits per heavy atom. The standard InChI is InChI=1S/C16H19N3O2/c17-8-3-9-19(14-6-7-14)11-15(20)12-21-16-5-2-1-4-13(16)10-18/h1-2,4-5,14-15,20H,3,6-7,9,11-12H2. The van der Waals surface area contributed by atoms with Crippen LogP contribution in [0.3, 0.4) is 0 Å². The van der Waals surface area contributed by atoms with E-state index in [2.05, 4.69) is 17.0 Å². The summed E-state index contributed by atoms with van der Waals surface area (Å²) < 4.78 is 5.53. The van der Waals surface area contributed by atoms with Gasteiger partial charge < -0.3 is 9.84 Å². The molecule has 5 nitrogen and oxygen atoms in total. The maximum atomic E-state index is 10.1. The molecule has 1 aliphatic carbocycles. The molecule has 21 heavy (non-hydrogen) atoms. The van der Waals surface area contributed by atoms with Crippen LogP contribution in [0.4, 0.5) is 0 Å². The molecular formula is C16H19N3O2. The van der Waals surface area contributed by atoms with Gasteiger partial charge in [0.2, 0.25) is 0 Å². The molecule has 0 radical (unpaired) electrons. The molecule has 1 atom stereocenters. The highest BCUT2D eigenvalue weighted by molar-refractivity contribution is 5.42. The van der Waals surface area contributed by atoms with Gasteiger partial charge in [-0.1, -0.05) is 12.1 Å². The third-order valence-corrected chi connectivity index (χ3v) is 3.46. The van der Waals surface area contributed by atoms with Crippen molar-refractivity contribution in [3.63, 3.8) is 0 Å². The van der Waals surface area contributed by atoms with Crippen LogP contribution in [-0.4, -0.2) is 41.8 Å². The predicted molar refractivity (Wildman–Crippen MR) is 77.5 cm³/mol. The molecule has 0 aromatic heterocycles. The van der Waals surface area contributed by atoms with Gasteiger partial charge in [-0.3, -0.25) is 4.90 Å². The van der Waals surface area contributed by atoms with Crippen LogP contribution in [-0.2, 0) is 0 Å². The largest absolute Gasteiger partial charge is 0.489 e. The third kappa shape index (κ3) is 4.75. The summed E-state index contributed by atoms with van der Waals surface area (Å²) in [6.45, 7) is 1.34. The van der Waals surface area contributed by atoms with Crippen molar-refractivity contribution in [2.45, 2.75) is 31.4 Å². The maximum absolute atomic E-state index is 10.1. The molecule has 1 fully saturated rings. The second kappa shape index (κ2) is 7.64. The van der Waals surface area contributed by atoms with Crippen LogP contribution < -0.4 is 4.74 Å². The third-order valence-electron chi connectivity index (χ3n) is 3.46. The van der Waals surface area contributed by atoms with Crippen molar-refractivity contribution >= 4 is 0 Å². The summed E-state index contributed by atoms with van der Waals surface area (Å²) in [7, 11) is 0. The molecule has 0 bridgehead atoms. The average Bonchev–Trinajstić information content (AvgIpc) is 3.34. The summed E-state index contributed by atoms with van der Waals surface area (Å²) >= 11 is 0. The van der Waals surface area contributed by atoms with Gasteiger partial charge in [0.05, 0.1) is 11.6 Å². The van der Waals surface area contributed by atoms with Gasteiger partial charge in [0.1, 0.15) is 24.5 Å². The van der Waals surface area contributed by atoms with E-state index in [-0.39, 0.29) is 6.61 Å². The fourth-order valence-electron chi connectivity index (χ4n) is 2.25. The van der Waals surface area contributed by atoms with Crippen LogP contribution in [0.5, 0.6) is 5.75 Å². The van der Waals surface area contributed by atoms with Crippen LogP contribution >= 0.6 is 0 Å². The van der Waals surface area contributed by atoms with E-state index in [0.717, 1.165) is 12.8 Å². The summed E-state index contributed by atoms with van der Waals surface area (Å²) in [4.78, 5) is 2.15. The van der Waals surface area contributed by atoms with E-state index in [4.69, 9.17) is 15.3 Å². The summed E-state index contributed by atoms with van der Waals surface area (Å²) in [5.74, 6) is 0.494. The van der Waals surface area contributed by atoms with E-state index in [0.29, 0.717) is 36.9 Å². The summed E-state index contributed by atoms with van der Waals surface area (Å²) in [5, 5.41) is 27.7. The molecule has 5 heteroatoms. The molecule has 0 saturated heterocycles. The Morgan fingerprint density at radius 3 is 2.76 bits per heavy atom. The van der Waals surface area contributed by atoms with Crippen molar-refractivity contribution < 1.29 is 9.84 Å². The molecule has 2 rings (SSSR count). The lowest BCUT2D eigenvalue weighted by Crippen LogP contribution is -2.37. The summed E-state index contributed by atoms with van der Waals surface area (Å²) in [5.41, 5.74) is 0.466. The monoisotopic (exact) mass is 285 g/mol. The van der Waals surface area contributed by atoms with E-state index in [1.165, 1.54) is 0 Å². The normalized spacial score (nSPS) is 15.2. The van der Waals surface area contributed by atoms with E-state index in [9.17, 15) is 5.11 Å². The minimum atomic E-state index is -0.629. The van der Waals surface area contributed by atoms with E-state index in [1.807, 2.05) is 0 Å². The van der Waals surface area contributed by atoms with Crippen LogP contribution in [0, 0.1) is 22.7 Å². The van der Waals surface area contributed by atoms with Crippen LogP contribution in [0.15, 0.2) is 24.3 Å². The fraction of sp³-hybridized carbons (Fsp3) is 0.500. The first-order valence-electron chi connectivity index (χ1n) is 7.15. The van der Waals surface area contributed by atoms with Gasteiger partial charge in [-0.2, -0.15) is 10.5 Å². The number of nitrogens with zero attached hydrogens (tertiary/aromatic N) is 3. The van der Waals surface area contributed by atoms with Gasteiger partial charge in [-0.25, -0.2) is 0 Å². The fourth-order valence-corrected chi connectivity index (χ4v) is 2.25. The number of aliphatic hydroxyl groups is 1. The van der Waals surface area contributed by atoms with Crippen molar-refractivity contribution in [2.75, 3.05) is 19.7 Å². The predicted octanol–water partition coefficient (Wildman–Crippen LogP) is 1.68. The van der Waals surface area contributed by atoms with E-state index in [1.54, 1.807) is 24.3 Å². The summed E-state index contributed by atoms with van der Waals surface area (Å²) in [6, 6.07) is 11.7. The first-order chi connectivity index (χ1) is 10.2. The number of ether oxygens (including phenoxy) is 1. The number of para-hydroxylation sites is 1. The lowest BCUT2D eigenvalue weighted by Gasteiger charge is -2.24. The molecule has 1 saturated carbocycles. The van der Waals surface area contributed by atoms with Crippen molar-refractivity contribution in [1.82, 2.24) is 4.90 Å². The number of aliphatic hydroxyl groups excluding tert-OH is 1.